The summed E-state index contributed by atoms with van der Waals surface area (Å²) in [6.07, 6.45) is 5.11. The molecule has 6 heteroatoms. The molecule has 1 fully saturated rings. The first kappa shape index (κ1) is 14.6. The molecule has 0 unspecified atom stereocenters. The number of nitrogens with zero attached hydrogens (tertiary/aromatic N) is 2. The predicted molar refractivity (Wildman–Crippen MR) is 76.7 cm³/mol. The summed E-state index contributed by atoms with van der Waals surface area (Å²) in [5.41, 5.74) is 5.69. The predicted octanol–water partition coefficient (Wildman–Crippen LogP) is 1.19. The van der Waals surface area contributed by atoms with Gasteiger partial charge in [-0.1, -0.05) is 12.8 Å². The molecular formula is C14H21N3O3. The van der Waals surface area contributed by atoms with Gasteiger partial charge in [-0.15, -0.1) is 0 Å². The lowest BCUT2D eigenvalue weighted by molar-refractivity contribution is 0.0547. The lowest BCUT2D eigenvalue weighted by Crippen LogP contribution is -2.40. The van der Waals surface area contributed by atoms with Crippen LogP contribution in [0.5, 0.6) is 0 Å². The number of ether oxygens (including phenoxy) is 1. The molecular weight excluding hydrogens is 258 g/mol. The van der Waals surface area contributed by atoms with E-state index in [0.717, 1.165) is 25.7 Å². The van der Waals surface area contributed by atoms with Crippen LogP contribution in [0.3, 0.4) is 0 Å². The molecule has 0 saturated heterocycles. The van der Waals surface area contributed by atoms with E-state index in [4.69, 9.17) is 10.5 Å². The molecule has 1 aliphatic carbocycles. The molecule has 1 aliphatic rings. The first-order chi connectivity index (χ1) is 9.45. The van der Waals surface area contributed by atoms with Crippen LogP contribution in [0.4, 0.5) is 11.5 Å². The number of aromatic nitrogens is 1. The van der Waals surface area contributed by atoms with Gasteiger partial charge in [-0.3, -0.25) is 0 Å². The van der Waals surface area contributed by atoms with Crippen molar-refractivity contribution in [1.29, 1.82) is 0 Å². The third-order valence-electron chi connectivity index (χ3n) is 3.72. The average Bonchev–Trinajstić information content (AvgIpc) is 2.83. The van der Waals surface area contributed by atoms with Gasteiger partial charge < -0.3 is 20.5 Å². The van der Waals surface area contributed by atoms with Gasteiger partial charge in [0, 0.05) is 13.6 Å². The van der Waals surface area contributed by atoms with Crippen molar-refractivity contribution < 1.29 is 14.6 Å². The van der Waals surface area contributed by atoms with E-state index in [9.17, 15) is 9.90 Å². The molecule has 6 nitrogen and oxygen atoms in total. The maximum Gasteiger partial charge on any atom is 0.341 e. The number of carbonyl (C=O) groups excluding carboxylic acids is 1. The quantitative estimate of drug-likeness (QED) is 0.805. The minimum Gasteiger partial charge on any atom is -0.465 e. The lowest BCUT2D eigenvalue weighted by Gasteiger charge is -2.30. The van der Waals surface area contributed by atoms with Gasteiger partial charge in [-0.25, -0.2) is 9.78 Å². The van der Waals surface area contributed by atoms with Crippen molar-refractivity contribution in [3.63, 3.8) is 0 Å². The summed E-state index contributed by atoms with van der Waals surface area (Å²) in [6, 6.07) is 1.55. The van der Waals surface area contributed by atoms with Crippen molar-refractivity contribution >= 4 is 17.5 Å². The zero-order valence-electron chi connectivity index (χ0n) is 11.9. The summed E-state index contributed by atoms with van der Waals surface area (Å²) in [5.74, 6) is -0.00330. The number of nitrogens with two attached hydrogens (primary N) is 1. The normalized spacial score (nSPS) is 16.9. The number of pyridine rings is 1. The highest BCUT2D eigenvalue weighted by atomic mass is 16.5. The monoisotopic (exact) mass is 279 g/mol. The Morgan fingerprint density at radius 1 is 1.55 bits per heavy atom. The third-order valence-corrected chi connectivity index (χ3v) is 3.72. The van der Waals surface area contributed by atoms with Crippen LogP contribution in [-0.4, -0.2) is 42.4 Å². The van der Waals surface area contributed by atoms with Gasteiger partial charge in [0.05, 0.1) is 24.6 Å². The largest absolute Gasteiger partial charge is 0.465 e. The van der Waals surface area contributed by atoms with E-state index in [1.54, 1.807) is 18.0 Å². The van der Waals surface area contributed by atoms with Gasteiger partial charge in [0.15, 0.2) is 0 Å². The molecule has 20 heavy (non-hydrogen) atoms. The summed E-state index contributed by atoms with van der Waals surface area (Å²) in [4.78, 5) is 17.8. The second-order valence-corrected chi connectivity index (χ2v) is 5.42. The molecule has 0 amide bonds. The van der Waals surface area contributed by atoms with E-state index in [1.807, 2.05) is 0 Å². The number of methoxy groups -OCH3 is 1. The molecule has 1 aromatic rings. The number of anilines is 2. The number of hydrogen-bond acceptors (Lipinski definition) is 6. The zero-order chi connectivity index (χ0) is 14.8. The molecule has 0 atom stereocenters. The van der Waals surface area contributed by atoms with E-state index >= 15 is 0 Å². The lowest BCUT2D eigenvalue weighted by atomic mass is 10.0. The average molecular weight is 279 g/mol. The topological polar surface area (TPSA) is 88.7 Å². The van der Waals surface area contributed by atoms with Crippen LogP contribution in [0.15, 0.2) is 12.3 Å². The highest BCUT2D eigenvalue weighted by Gasteiger charge is 2.33. The summed E-state index contributed by atoms with van der Waals surface area (Å²) < 4.78 is 4.75. The van der Waals surface area contributed by atoms with Crippen LogP contribution < -0.4 is 10.6 Å². The smallest absolute Gasteiger partial charge is 0.341 e. The highest BCUT2D eigenvalue weighted by Crippen LogP contribution is 2.31. The molecule has 1 heterocycles. The zero-order valence-corrected chi connectivity index (χ0v) is 11.9. The van der Waals surface area contributed by atoms with Crippen LogP contribution in [0.1, 0.15) is 36.0 Å². The number of aliphatic hydroxyl groups is 1. The second-order valence-electron chi connectivity index (χ2n) is 5.42. The van der Waals surface area contributed by atoms with Crippen molar-refractivity contribution in [3.05, 3.63) is 17.8 Å². The Labute approximate surface area is 118 Å². The molecule has 0 aromatic carbocycles. The Balaban J connectivity index is 2.24. The van der Waals surface area contributed by atoms with Crippen molar-refractivity contribution in [2.45, 2.75) is 31.3 Å². The number of rotatable bonds is 4. The van der Waals surface area contributed by atoms with E-state index < -0.39 is 11.6 Å². The summed E-state index contributed by atoms with van der Waals surface area (Å²) in [7, 11) is 3.13. The standard InChI is InChI=1S/C14H21N3O3/c1-17(9-14(19)5-3-4-6-14)12-11(13(18)20-2)7-10(15)8-16-12/h7-8,19H,3-6,9,15H2,1-2H3. The third kappa shape index (κ3) is 3.01. The first-order valence-electron chi connectivity index (χ1n) is 6.72. The Morgan fingerprint density at radius 2 is 2.20 bits per heavy atom. The fourth-order valence-corrected chi connectivity index (χ4v) is 2.75. The Kier molecular flexibility index (Phi) is 4.13. The number of carbonyl (C=O) groups is 1. The van der Waals surface area contributed by atoms with E-state index in [2.05, 4.69) is 4.98 Å². The Hall–Kier alpha value is -1.82. The molecule has 0 radical (unpaired) electrons. The van der Waals surface area contributed by atoms with E-state index in [-0.39, 0.29) is 0 Å². The summed E-state index contributed by atoms with van der Waals surface area (Å²) in [5, 5.41) is 10.5. The van der Waals surface area contributed by atoms with Gasteiger partial charge >= 0.3 is 5.97 Å². The highest BCUT2D eigenvalue weighted by molar-refractivity contribution is 5.95. The van der Waals surface area contributed by atoms with Crippen LogP contribution in [-0.2, 0) is 4.74 Å². The van der Waals surface area contributed by atoms with Gasteiger partial charge in [0.25, 0.3) is 0 Å². The fraction of sp³-hybridized carbons (Fsp3) is 0.571. The van der Waals surface area contributed by atoms with Crippen molar-refractivity contribution in [2.75, 3.05) is 31.3 Å². The molecule has 0 aliphatic heterocycles. The van der Waals surface area contributed by atoms with Crippen LogP contribution in [0, 0.1) is 0 Å². The summed E-state index contributed by atoms with van der Waals surface area (Å²) in [6.45, 7) is 0.438. The van der Waals surface area contributed by atoms with Crippen LogP contribution in [0.25, 0.3) is 0 Å². The molecule has 0 spiro atoms. The van der Waals surface area contributed by atoms with Crippen LogP contribution >= 0.6 is 0 Å². The molecule has 2 rings (SSSR count). The fourth-order valence-electron chi connectivity index (χ4n) is 2.75. The molecule has 3 N–H and O–H groups in total. The number of esters is 1. The number of likely N-dealkylation sites (N-methyl/N-ethyl adjacent to an activating group) is 1. The van der Waals surface area contributed by atoms with E-state index in [1.165, 1.54) is 13.3 Å². The molecule has 110 valence electrons. The molecule has 0 bridgehead atoms. The summed E-state index contributed by atoms with van der Waals surface area (Å²) >= 11 is 0. The second kappa shape index (κ2) is 5.66. The maximum absolute atomic E-state index is 11.8. The van der Waals surface area contributed by atoms with Crippen molar-refractivity contribution in [1.82, 2.24) is 4.98 Å². The van der Waals surface area contributed by atoms with Crippen LogP contribution in [0.2, 0.25) is 0 Å². The SMILES string of the molecule is COC(=O)c1cc(N)cnc1N(C)CC1(O)CCCC1. The van der Waals surface area contributed by atoms with Gasteiger partial charge in [-0.2, -0.15) is 0 Å². The van der Waals surface area contributed by atoms with Crippen molar-refractivity contribution in [3.8, 4) is 0 Å². The minimum absolute atomic E-state index is 0.316. The van der Waals surface area contributed by atoms with Gasteiger partial charge in [0.1, 0.15) is 11.4 Å². The van der Waals surface area contributed by atoms with Crippen molar-refractivity contribution in [2.24, 2.45) is 0 Å². The van der Waals surface area contributed by atoms with E-state index in [0.29, 0.717) is 23.6 Å². The number of nitrogen functional groups attached to an aromatic ring is 1. The van der Waals surface area contributed by atoms with Gasteiger partial charge in [0.2, 0.25) is 0 Å². The Morgan fingerprint density at radius 3 is 2.80 bits per heavy atom. The molecule has 1 aromatic heterocycles. The Bertz CT molecular complexity index is 498. The number of hydrogen-bond donors (Lipinski definition) is 2. The van der Waals surface area contributed by atoms with Gasteiger partial charge in [-0.05, 0) is 18.9 Å². The minimum atomic E-state index is -0.703. The first-order valence-corrected chi connectivity index (χ1v) is 6.72. The maximum atomic E-state index is 11.8. The molecule has 1 saturated carbocycles.